The van der Waals surface area contributed by atoms with Crippen molar-refractivity contribution in [2.75, 3.05) is 6.54 Å². The lowest BCUT2D eigenvalue weighted by atomic mass is 9.88. The van der Waals surface area contributed by atoms with Crippen molar-refractivity contribution < 1.29 is 14.1 Å². The summed E-state index contributed by atoms with van der Waals surface area (Å²) >= 11 is 0. The first kappa shape index (κ1) is 19.5. The van der Waals surface area contributed by atoms with Crippen LogP contribution in [0.2, 0.25) is 0 Å². The van der Waals surface area contributed by atoms with E-state index in [0.717, 1.165) is 17.0 Å². The zero-order valence-corrected chi connectivity index (χ0v) is 15.7. The third-order valence-electron chi connectivity index (χ3n) is 4.12. The standard InChI is InChI=1S/C17H31N3O3/c1-11(2)17(8,10-18-15(21)22-16(5,6)7)19-9-14-12(3)20-23-13(14)4/h11,19H,9-10H2,1-8H3,(H,18,21)/t17-/m1/s1. The molecule has 23 heavy (non-hydrogen) atoms. The molecule has 1 aromatic heterocycles. The highest BCUT2D eigenvalue weighted by Crippen LogP contribution is 2.19. The quantitative estimate of drug-likeness (QED) is 0.839. The van der Waals surface area contributed by atoms with Crippen LogP contribution in [0.4, 0.5) is 4.79 Å². The first-order valence-corrected chi connectivity index (χ1v) is 8.08. The van der Waals surface area contributed by atoms with E-state index < -0.39 is 11.7 Å². The summed E-state index contributed by atoms with van der Waals surface area (Å²) in [6.45, 7) is 16.8. The van der Waals surface area contributed by atoms with Gasteiger partial charge >= 0.3 is 6.09 Å². The molecule has 0 aliphatic rings. The second kappa shape index (κ2) is 7.34. The van der Waals surface area contributed by atoms with Gasteiger partial charge in [0.05, 0.1) is 5.69 Å². The topological polar surface area (TPSA) is 76.4 Å². The zero-order valence-electron chi connectivity index (χ0n) is 15.7. The van der Waals surface area contributed by atoms with Gasteiger partial charge in [-0.25, -0.2) is 4.79 Å². The van der Waals surface area contributed by atoms with Gasteiger partial charge in [-0.3, -0.25) is 0 Å². The number of aryl methyl sites for hydroxylation is 2. The molecule has 1 heterocycles. The monoisotopic (exact) mass is 325 g/mol. The number of aromatic nitrogens is 1. The second-order valence-electron chi connectivity index (χ2n) is 7.58. The number of rotatable bonds is 6. The molecule has 2 N–H and O–H groups in total. The fraction of sp³-hybridized carbons (Fsp3) is 0.765. The molecule has 132 valence electrons. The molecule has 0 aliphatic carbocycles. The van der Waals surface area contributed by atoms with E-state index in [2.05, 4.69) is 36.6 Å². The van der Waals surface area contributed by atoms with Crippen molar-refractivity contribution in [2.24, 2.45) is 5.92 Å². The lowest BCUT2D eigenvalue weighted by Crippen LogP contribution is -2.55. The SMILES string of the molecule is Cc1noc(C)c1CN[C@](C)(CNC(=O)OC(C)(C)C)C(C)C. The molecule has 0 spiro atoms. The average Bonchev–Trinajstić information content (AvgIpc) is 2.71. The van der Waals surface area contributed by atoms with Gasteiger partial charge in [-0.15, -0.1) is 0 Å². The summed E-state index contributed by atoms with van der Waals surface area (Å²) in [6, 6.07) is 0. The van der Waals surface area contributed by atoms with E-state index >= 15 is 0 Å². The van der Waals surface area contributed by atoms with Crippen LogP contribution in [0.1, 0.15) is 58.6 Å². The van der Waals surface area contributed by atoms with Crippen LogP contribution < -0.4 is 10.6 Å². The minimum absolute atomic E-state index is 0.271. The van der Waals surface area contributed by atoms with Crippen LogP contribution in [0.25, 0.3) is 0 Å². The molecule has 0 saturated carbocycles. The Morgan fingerprint density at radius 3 is 2.30 bits per heavy atom. The van der Waals surface area contributed by atoms with E-state index in [1.165, 1.54) is 0 Å². The van der Waals surface area contributed by atoms with Gasteiger partial charge in [-0.1, -0.05) is 19.0 Å². The lowest BCUT2D eigenvalue weighted by Gasteiger charge is -2.35. The summed E-state index contributed by atoms with van der Waals surface area (Å²) in [5, 5.41) is 10.4. The number of amides is 1. The van der Waals surface area contributed by atoms with Crippen LogP contribution in [0.3, 0.4) is 0 Å². The number of nitrogens with one attached hydrogen (secondary N) is 2. The van der Waals surface area contributed by atoms with Gasteiger partial charge in [0.1, 0.15) is 11.4 Å². The minimum atomic E-state index is -0.498. The highest BCUT2D eigenvalue weighted by atomic mass is 16.6. The molecule has 0 saturated heterocycles. The molecule has 1 atom stereocenters. The van der Waals surface area contributed by atoms with Crippen LogP contribution in [-0.4, -0.2) is 28.9 Å². The van der Waals surface area contributed by atoms with Crippen LogP contribution in [0.5, 0.6) is 0 Å². The van der Waals surface area contributed by atoms with E-state index in [4.69, 9.17) is 9.26 Å². The first-order chi connectivity index (χ1) is 10.4. The van der Waals surface area contributed by atoms with Crippen LogP contribution >= 0.6 is 0 Å². The normalized spacial score (nSPS) is 14.7. The predicted molar refractivity (Wildman–Crippen MR) is 90.3 cm³/mol. The van der Waals surface area contributed by atoms with Gasteiger partial charge in [0.15, 0.2) is 0 Å². The summed E-state index contributed by atoms with van der Waals surface area (Å²) < 4.78 is 10.5. The fourth-order valence-electron chi connectivity index (χ4n) is 2.09. The number of carbonyl (C=O) groups excluding carboxylic acids is 1. The van der Waals surface area contributed by atoms with E-state index in [0.29, 0.717) is 19.0 Å². The first-order valence-electron chi connectivity index (χ1n) is 8.08. The third kappa shape index (κ3) is 5.86. The Labute approximate surface area is 139 Å². The molecule has 6 heteroatoms. The number of alkyl carbamates (subject to hydrolysis) is 1. The van der Waals surface area contributed by atoms with Crippen molar-refractivity contribution in [3.05, 3.63) is 17.0 Å². The molecule has 1 aromatic rings. The molecule has 0 aromatic carbocycles. The molecule has 0 bridgehead atoms. The van der Waals surface area contributed by atoms with Crippen LogP contribution in [0, 0.1) is 19.8 Å². The lowest BCUT2D eigenvalue weighted by molar-refractivity contribution is 0.0503. The Morgan fingerprint density at radius 2 is 1.87 bits per heavy atom. The van der Waals surface area contributed by atoms with Crippen molar-refractivity contribution in [3.63, 3.8) is 0 Å². The van der Waals surface area contributed by atoms with Crippen LogP contribution in [0.15, 0.2) is 4.52 Å². The molecular weight excluding hydrogens is 294 g/mol. The highest BCUT2D eigenvalue weighted by molar-refractivity contribution is 5.67. The Hall–Kier alpha value is -1.56. The number of hydrogen-bond donors (Lipinski definition) is 2. The number of nitrogens with zero attached hydrogens (tertiary/aromatic N) is 1. The zero-order chi connectivity index (χ0) is 17.8. The summed E-state index contributed by atoms with van der Waals surface area (Å²) in [5.41, 5.74) is 1.19. The molecular formula is C17H31N3O3. The Morgan fingerprint density at radius 1 is 1.26 bits per heavy atom. The maximum absolute atomic E-state index is 11.9. The second-order valence-corrected chi connectivity index (χ2v) is 7.58. The van der Waals surface area contributed by atoms with Gasteiger partial charge in [-0.2, -0.15) is 0 Å². The van der Waals surface area contributed by atoms with Gasteiger partial charge in [0.2, 0.25) is 0 Å². The predicted octanol–water partition coefficient (Wildman–Crippen LogP) is 3.32. The number of hydrogen-bond acceptors (Lipinski definition) is 5. The summed E-state index contributed by atoms with van der Waals surface area (Å²) in [6.07, 6.45) is -0.400. The molecule has 0 radical (unpaired) electrons. The van der Waals surface area contributed by atoms with Gasteiger partial charge in [-0.05, 0) is 47.5 Å². The van der Waals surface area contributed by atoms with Gasteiger partial charge < -0.3 is 19.9 Å². The molecule has 0 unspecified atom stereocenters. The minimum Gasteiger partial charge on any atom is -0.444 e. The van der Waals surface area contributed by atoms with Crippen LogP contribution in [-0.2, 0) is 11.3 Å². The van der Waals surface area contributed by atoms with E-state index in [1.807, 2.05) is 34.6 Å². The average molecular weight is 325 g/mol. The van der Waals surface area contributed by atoms with Gasteiger partial charge in [0.25, 0.3) is 0 Å². The van der Waals surface area contributed by atoms with E-state index in [1.54, 1.807) is 0 Å². The van der Waals surface area contributed by atoms with Gasteiger partial charge in [0, 0.05) is 24.2 Å². The number of ether oxygens (including phenoxy) is 1. The molecule has 1 rings (SSSR count). The van der Waals surface area contributed by atoms with Crippen molar-refractivity contribution in [2.45, 2.75) is 73.1 Å². The molecule has 1 amide bonds. The smallest absolute Gasteiger partial charge is 0.407 e. The highest BCUT2D eigenvalue weighted by Gasteiger charge is 2.30. The van der Waals surface area contributed by atoms with E-state index in [-0.39, 0.29) is 5.54 Å². The summed E-state index contributed by atoms with van der Waals surface area (Å²) in [7, 11) is 0. The molecule has 6 nitrogen and oxygen atoms in total. The van der Waals surface area contributed by atoms with E-state index in [9.17, 15) is 4.79 Å². The third-order valence-corrected chi connectivity index (χ3v) is 4.12. The fourth-order valence-corrected chi connectivity index (χ4v) is 2.09. The summed E-state index contributed by atoms with van der Waals surface area (Å²) in [4.78, 5) is 11.9. The molecule has 0 aliphatic heterocycles. The maximum Gasteiger partial charge on any atom is 0.407 e. The van der Waals surface area contributed by atoms with Crippen molar-refractivity contribution in [1.29, 1.82) is 0 Å². The molecule has 0 fully saturated rings. The maximum atomic E-state index is 11.9. The Balaban J connectivity index is 2.66. The largest absolute Gasteiger partial charge is 0.444 e. The summed E-state index contributed by atoms with van der Waals surface area (Å²) in [5.74, 6) is 1.14. The van der Waals surface area contributed by atoms with Crippen molar-refractivity contribution in [3.8, 4) is 0 Å². The number of carbonyl (C=O) groups is 1. The van der Waals surface area contributed by atoms with Crippen molar-refractivity contribution >= 4 is 6.09 Å². The van der Waals surface area contributed by atoms with Crippen molar-refractivity contribution in [1.82, 2.24) is 15.8 Å². The Kier molecular flexibility index (Phi) is 6.22. The Bertz CT molecular complexity index is 512.